The highest BCUT2D eigenvalue weighted by Crippen LogP contribution is 2.30. The van der Waals surface area contributed by atoms with E-state index >= 15 is 0 Å². The topological polar surface area (TPSA) is 64.1 Å². The molecule has 0 atom stereocenters. The third kappa shape index (κ3) is 4.44. The molecule has 0 radical (unpaired) electrons. The van der Waals surface area contributed by atoms with Crippen LogP contribution in [0.15, 0.2) is 77.8 Å². The van der Waals surface area contributed by atoms with Gasteiger partial charge in [-0.3, -0.25) is 4.79 Å². The number of carbonyl (C=O) groups excluding carboxylic acids is 1. The summed E-state index contributed by atoms with van der Waals surface area (Å²) in [5, 5.41) is 4.65. The van der Waals surface area contributed by atoms with Crippen molar-refractivity contribution in [3.63, 3.8) is 0 Å². The molecule has 1 heterocycles. The van der Waals surface area contributed by atoms with Crippen LogP contribution < -0.4 is 10.1 Å². The molecule has 1 amide bonds. The van der Waals surface area contributed by atoms with E-state index in [9.17, 15) is 4.79 Å². The minimum absolute atomic E-state index is 0.120. The van der Waals surface area contributed by atoms with E-state index in [1.165, 1.54) is 11.8 Å². The van der Waals surface area contributed by atoms with E-state index in [4.69, 9.17) is 14.7 Å². The van der Waals surface area contributed by atoms with Crippen LogP contribution in [-0.2, 0) is 4.79 Å². The first-order chi connectivity index (χ1) is 14.6. The molecule has 150 valence electrons. The molecule has 0 aliphatic carbocycles. The number of aryl methyl sites for hydroxylation is 1. The maximum absolute atomic E-state index is 12.6. The molecule has 5 nitrogen and oxygen atoms in total. The first-order valence-corrected chi connectivity index (χ1v) is 10.5. The Morgan fingerprint density at radius 1 is 1.00 bits per heavy atom. The van der Waals surface area contributed by atoms with E-state index in [0.29, 0.717) is 17.3 Å². The van der Waals surface area contributed by atoms with Crippen LogP contribution in [0, 0.1) is 6.92 Å². The fourth-order valence-corrected chi connectivity index (χ4v) is 3.92. The molecule has 1 aromatic heterocycles. The number of fused-ring (bicyclic) bond motifs is 1. The Balaban J connectivity index is 1.61. The lowest BCUT2D eigenvalue weighted by molar-refractivity contribution is -0.113. The average molecular weight is 416 g/mol. The number of carbonyl (C=O) groups is 1. The molecule has 4 aromatic rings. The summed E-state index contributed by atoms with van der Waals surface area (Å²) in [6.07, 6.45) is 0. The Kier molecular flexibility index (Phi) is 5.95. The molecule has 6 heteroatoms. The second kappa shape index (κ2) is 8.97. The second-order valence-electron chi connectivity index (χ2n) is 6.78. The lowest BCUT2D eigenvalue weighted by Gasteiger charge is -2.11. The summed E-state index contributed by atoms with van der Waals surface area (Å²) in [4.78, 5) is 22.1. The SMILES string of the molecule is COc1ccccc1NC(=O)CSc1nc(-c2ccccc2)nc2ccc(C)cc12. The van der Waals surface area contributed by atoms with Crippen LogP contribution >= 0.6 is 11.8 Å². The lowest BCUT2D eigenvalue weighted by Crippen LogP contribution is -2.14. The molecule has 0 bridgehead atoms. The number of ether oxygens (including phenoxy) is 1. The highest BCUT2D eigenvalue weighted by Gasteiger charge is 2.13. The summed E-state index contributed by atoms with van der Waals surface area (Å²) >= 11 is 1.40. The van der Waals surface area contributed by atoms with Gasteiger partial charge in [-0.25, -0.2) is 9.97 Å². The van der Waals surface area contributed by atoms with E-state index in [2.05, 4.69) is 11.4 Å². The molecular formula is C24H21N3O2S. The zero-order valence-corrected chi connectivity index (χ0v) is 17.6. The number of benzene rings is 3. The van der Waals surface area contributed by atoms with Gasteiger partial charge in [-0.15, -0.1) is 0 Å². The Morgan fingerprint density at radius 2 is 1.77 bits per heavy atom. The third-order valence-electron chi connectivity index (χ3n) is 4.57. The fraction of sp³-hybridized carbons (Fsp3) is 0.125. The predicted molar refractivity (Wildman–Crippen MR) is 122 cm³/mol. The molecule has 1 N–H and O–H groups in total. The van der Waals surface area contributed by atoms with Gasteiger partial charge in [-0.1, -0.05) is 65.9 Å². The first-order valence-electron chi connectivity index (χ1n) is 9.53. The number of thioether (sulfide) groups is 1. The van der Waals surface area contributed by atoms with E-state index in [1.807, 2.05) is 73.7 Å². The number of methoxy groups -OCH3 is 1. The molecule has 0 unspecified atom stereocenters. The Labute approximate surface area is 179 Å². The van der Waals surface area contributed by atoms with Gasteiger partial charge in [0.05, 0.1) is 24.1 Å². The van der Waals surface area contributed by atoms with Gasteiger partial charge in [-0.05, 0) is 31.2 Å². The maximum Gasteiger partial charge on any atom is 0.234 e. The minimum Gasteiger partial charge on any atom is -0.495 e. The molecule has 0 fully saturated rings. The zero-order chi connectivity index (χ0) is 20.9. The summed E-state index contributed by atoms with van der Waals surface area (Å²) < 4.78 is 5.30. The molecule has 0 saturated carbocycles. The van der Waals surface area contributed by atoms with Crippen molar-refractivity contribution in [3.8, 4) is 17.1 Å². The molecule has 0 spiro atoms. The second-order valence-corrected chi connectivity index (χ2v) is 7.74. The summed E-state index contributed by atoms with van der Waals surface area (Å²) in [6, 6.07) is 23.3. The average Bonchev–Trinajstić information content (AvgIpc) is 2.78. The number of amides is 1. The smallest absolute Gasteiger partial charge is 0.234 e. The lowest BCUT2D eigenvalue weighted by atomic mass is 10.1. The van der Waals surface area contributed by atoms with Crippen LogP contribution in [0.1, 0.15) is 5.56 Å². The molecule has 0 aliphatic rings. The van der Waals surface area contributed by atoms with Crippen LogP contribution in [-0.4, -0.2) is 28.7 Å². The van der Waals surface area contributed by atoms with E-state index < -0.39 is 0 Å². The van der Waals surface area contributed by atoms with Gasteiger partial charge in [0.1, 0.15) is 10.8 Å². The largest absolute Gasteiger partial charge is 0.495 e. The zero-order valence-electron chi connectivity index (χ0n) is 16.8. The maximum atomic E-state index is 12.6. The number of hydrogen-bond acceptors (Lipinski definition) is 5. The highest BCUT2D eigenvalue weighted by atomic mass is 32.2. The van der Waals surface area contributed by atoms with Gasteiger partial charge in [0.25, 0.3) is 0 Å². The first kappa shape index (κ1) is 19.9. The minimum atomic E-state index is -0.120. The quantitative estimate of drug-likeness (QED) is 0.340. The number of aromatic nitrogens is 2. The number of nitrogens with one attached hydrogen (secondary N) is 1. The number of nitrogens with zero attached hydrogens (tertiary/aromatic N) is 2. The highest BCUT2D eigenvalue weighted by molar-refractivity contribution is 8.00. The van der Waals surface area contributed by atoms with Gasteiger partial charge >= 0.3 is 0 Å². The number of anilines is 1. The normalized spacial score (nSPS) is 10.7. The number of hydrogen-bond donors (Lipinski definition) is 1. The van der Waals surface area contributed by atoms with Crippen molar-refractivity contribution in [2.24, 2.45) is 0 Å². The Hall–Kier alpha value is -3.38. The van der Waals surface area contributed by atoms with Crippen LogP contribution in [0.3, 0.4) is 0 Å². The standard InChI is InChI=1S/C24H21N3O2S/c1-16-12-13-19-18(14-16)24(27-23(26-19)17-8-4-3-5-9-17)30-15-22(28)25-20-10-6-7-11-21(20)29-2/h3-14H,15H2,1-2H3,(H,25,28). The summed E-state index contributed by atoms with van der Waals surface area (Å²) in [5.74, 6) is 1.39. The number of para-hydroxylation sites is 2. The van der Waals surface area contributed by atoms with Crippen LogP contribution in [0.25, 0.3) is 22.3 Å². The summed E-state index contributed by atoms with van der Waals surface area (Å²) in [6.45, 7) is 2.04. The van der Waals surface area contributed by atoms with Crippen LogP contribution in [0.2, 0.25) is 0 Å². The van der Waals surface area contributed by atoms with Crippen molar-refractivity contribution in [2.45, 2.75) is 11.9 Å². The van der Waals surface area contributed by atoms with Gasteiger partial charge in [0, 0.05) is 10.9 Å². The van der Waals surface area contributed by atoms with Gasteiger partial charge in [0.15, 0.2) is 5.82 Å². The van der Waals surface area contributed by atoms with Gasteiger partial charge < -0.3 is 10.1 Å². The van der Waals surface area contributed by atoms with E-state index in [-0.39, 0.29) is 11.7 Å². The van der Waals surface area contributed by atoms with Gasteiger partial charge in [-0.2, -0.15) is 0 Å². The monoisotopic (exact) mass is 415 g/mol. The molecule has 30 heavy (non-hydrogen) atoms. The van der Waals surface area contributed by atoms with Crippen molar-refractivity contribution in [3.05, 3.63) is 78.4 Å². The predicted octanol–water partition coefficient (Wildman–Crippen LogP) is 5.34. The molecule has 3 aromatic carbocycles. The van der Waals surface area contributed by atoms with E-state index in [1.54, 1.807) is 7.11 Å². The Morgan fingerprint density at radius 3 is 2.57 bits per heavy atom. The molecular weight excluding hydrogens is 394 g/mol. The Bertz CT molecular complexity index is 1200. The fourth-order valence-electron chi connectivity index (χ4n) is 3.11. The van der Waals surface area contributed by atoms with Gasteiger partial charge in [0.2, 0.25) is 5.91 Å². The van der Waals surface area contributed by atoms with Crippen molar-refractivity contribution in [1.82, 2.24) is 9.97 Å². The van der Waals surface area contributed by atoms with Crippen molar-refractivity contribution >= 4 is 34.3 Å². The van der Waals surface area contributed by atoms with E-state index in [0.717, 1.165) is 27.1 Å². The molecule has 4 rings (SSSR count). The van der Waals surface area contributed by atoms with Crippen molar-refractivity contribution < 1.29 is 9.53 Å². The van der Waals surface area contributed by atoms with Crippen molar-refractivity contribution in [2.75, 3.05) is 18.2 Å². The number of rotatable bonds is 6. The van der Waals surface area contributed by atoms with Crippen LogP contribution in [0.5, 0.6) is 5.75 Å². The summed E-state index contributed by atoms with van der Waals surface area (Å²) in [5.41, 5.74) is 3.58. The summed E-state index contributed by atoms with van der Waals surface area (Å²) in [7, 11) is 1.58. The van der Waals surface area contributed by atoms with Crippen LogP contribution in [0.4, 0.5) is 5.69 Å². The molecule has 0 aliphatic heterocycles. The molecule has 0 saturated heterocycles. The van der Waals surface area contributed by atoms with Crippen molar-refractivity contribution in [1.29, 1.82) is 0 Å². The third-order valence-corrected chi connectivity index (χ3v) is 5.56.